The van der Waals surface area contributed by atoms with E-state index in [1.807, 2.05) is 0 Å². The highest BCUT2D eigenvalue weighted by molar-refractivity contribution is 5.81. The zero-order valence-electron chi connectivity index (χ0n) is 18.0. The van der Waals surface area contributed by atoms with Gasteiger partial charge >= 0.3 is 0 Å². The van der Waals surface area contributed by atoms with E-state index in [1.54, 1.807) is 28.0 Å². The number of hydrogen-bond donors (Lipinski definition) is 1. The molecule has 5 rings (SSSR count). The third-order valence-electron chi connectivity index (χ3n) is 6.77. The molecule has 2 fully saturated rings. The van der Waals surface area contributed by atoms with Gasteiger partial charge in [-0.15, -0.1) is 0 Å². The van der Waals surface area contributed by atoms with Gasteiger partial charge in [0.05, 0.1) is 24.7 Å². The molecule has 1 saturated heterocycles. The van der Waals surface area contributed by atoms with Crippen LogP contribution in [0.15, 0.2) is 29.1 Å². The summed E-state index contributed by atoms with van der Waals surface area (Å²) in [6.07, 6.45) is 4.82. The first kappa shape index (κ1) is 20.8. The van der Waals surface area contributed by atoms with Crippen molar-refractivity contribution in [1.82, 2.24) is 19.8 Å². The van der Waals surface area contributed by atoms with E-state index in [0.29, 0.717) is 55.1 Å². The van der Waals surface area contributed by atoms with Gasteiger partial charge in [0.15, 0.2) is 0 Å². The van der Waals surface area contributed by atoms with Gasteiger partial charge in [-0.3, -0.25) is 14.4 Å². The lowest BCUT2D eigenvalue weighted by Crippen LogP contribution is -2.43. The quantitative estimate of drug-likeness (QED) is 0.795. The van der Waals surface area contributed by atoms with Crippen molar-refractivity contribution >= 4 is 11.8 Å². The summed E-state index contributed by atoms with van der Waals surface area (Å²) < 4.78 is 14.1. The molecular formula is C24H27FN4O3. The van der Waals surface area contributed by atoms with Crippen molar-refractivity contribution in [2.24, 2.45) is 5.92 Å². The van der Waals surface area contributed by atoms with Crippen LogP contribution in [0.25, 0.3) is 0 Å². The van der Waals surface area contributed by atoms with Crippen LogP contribution >= 0.6 is 0 Å². The standard InChI is InChI=1S/C24H27FN4O3/c25-18-6-2-1-5-16(18)13-21(30)29-11-4-3-7-20(29)22-26-19-14-28(24(32)15-8-9-15)12-10-17(19)23(31)27-22/h1-2,5-6,15,20H,3-4,7-14H2,(H,26,27,31)/t20-/m0/s1. The maximum absolute atomic E-state index is 14.1. The first-order valence-electron chi connectivity index (χ1n) is 11.4. The lowest BCUT2D eigenvalue weighted by Gasteiger charge is -2.36. The summed E-state index contributed by atoms with van der Waals surface area (Å²) in [6, 6.07) is 5.95. The Balaban J connectivity index is 1.40. The SMILES string of the molecule is O=C(C1CC1)N1CCc2c(nc([C@@H]3CCCCN3C(=O)Cc3ccccc3F)[nH]c2=O)C1. The first-order chi connectivity index (χ1) is 15.5. The molecule has 1 atom stereocenters. The van der Waals surface area contributed by atoms with Gasteiger partial charge in [-0.1, -0.05) is 18.2 Å². The second kappa shape index (κ2) is 8.48. The van der Waals surface area contributed by atoms with Crippen LogP contribution in [-0.4, -0.2) is 44.7 Å². The Morgan fingerprint density at radius 1 is 1.12 bits per heavy atom. The fourth-order valence-electron chi connectivity index (χ4n) is 4.81. The van der Waals surface area contributed by atoms with E-state index >= 15 is 0 Å². The van der Waals surface area contributed by atoms with E-state index in [1.165, 1.54) is 6.07 Å². The second-order valence-electron chi connectivity index (χ2n) is 9.03. The highest BCUT2D eigenvalue weighted by Crippen LogP contribution is 2.33. The molecule has 1 aromatic carbocycles. The van der Waals surface area contributed by atoms with Gasteiger partial charge in [-0.05, 0) is 50.2 Å². The molecule has 7 nitrogen and oxygen atoms in total. The second-order valence-corrected chi connectivity index (χ2v) is 9.03. The van der Waals surface area contributed by atoms with Crippen molar-refractivity contribution in [2.75, 3.05) is 13.1 Å². The Hall–Kier alpha value is -3.03. The molecule has 0 bridgehead atoms. The number of amides is 2. The van der Waals surface area contributed by atoms with Crippen molar-refractivity contribution in [3.8, 4) is 0 Å². The van der Waals surface area contributed by atoms with Gasteiger partial charge in [0.25, 0.3) is 5.56 Å². The number of carbonyl (C=O) groups excluding carboxylic acids is 2. The number of nitrogens with one attached hydrogen (secondary N) is 1. The molecule has 168 valence electrons. The Morgan fingerprint density at radius 3 is 2.72 bits per heavy atom. The molecule has 1 aromatic heterocycles. The summed E-state index contributed by atoms with van der Waals surface area (Å²) in [5, 5.41) is 0. The maximum atomic E-state index is 14.1. The summed E-state index contributed by atoms with van der Waals surface area (Å²) in [6.45, 7) is 1.44. The third kappa shape index (κ3) is 4.06. The summed E-state index contributed by atoms with van der Waals surface area (Å²) >= 11 is 0. The number of rotatable bonds is 4. The minimum Gasteiger partial charge on any atom is -0.336 e. The number of hydrogen-bond acceptors (Lipinski definition) is 4. The van der Waals surface area contributed by atoms with Crippen molar-refractivity contribution < 1.29 is 14.0 Å². The number of piperidine rings is 1. The molecule has 0 radical (unpaired) electrons. The molecule has 2 aliphatic heterocycles. The van der Waals surface area contributed by atoms with E-state index < -0.39 is 5.82 Å². The number of benzene rings is 1. The van der Waals surface area contributed by atoms with Gasteiger partial charge < -0.3 is 14.8 Å². The number of carbonyl (C=O) groups is 2. The fourth-order valence-corrected chi connectivity index (χ4v) is 4.81. The first-order valence-corrected chi connectivity index (χ1v) is 11.4. The van der Waals surface area contributed by atoms with Crippen LogP contribution in [0.4, 0.5) is 4.39 Å². The highest BCUT2D eigenvalue weighted by Gasteiger charge is 2.36. The number of likely N-dealkylation sites (tertiary alicyclic amines) is 1. The van der Waals surface area contributed by atoms with Crippen LogP contribution in [0.5, 0.6) is 0 Å². The molecule has 8 heteroatoms. The van der Waals surface area contributed by atoms with Crippen LogP contribution < -0.4 is 5.56 Å². The highest BCUT2D eigenvalue weighted by atomic mass is 19.1. The lowest BCUT2D eigenvalue weighted by molar-refractivity contribution is -0.134. The Labute approximate surface area is 185 Å². The van der Waals surface area contributed by atoms with Gasteiger partial charge in [-0.2, -0.15) is 0 Å². The summed E-state index contributed by atoms with van der Waals surface area (Å²) in [7, 11) is 0. The van der Waals surface area contributed by atoms with Gasteiger partial charge in [0.1, 0.15) is 11.6 Å². The minimum atomic E-state index is -0.393. The molecule has 1 N–H and O–H groups in total. The lowest BCUT2D eigenvalue weighted by atomic mass is 9.99. The Morgan fingerprint density at radius 2 is 1.94 bits per heavy atom. The Bertz CT molecular complexity index is 1110. The smallest absolute Gasteiger partial charge is 0.254 e. The number of aromatic nitrogens is 2. The molecule has 1 saturated carbocycles. The van der Waals surface area contributed by atoms with Crippen molar-refractivity contribution in [2.45, 2.75) is 57.5 Å². The fraction of sp³-hybridized carbons (Fsp3) is 0.500. The monoisotopic (exact) mass is 438 g/mol. The van der Waals surface area contributed by atoms with Crippen LogP contribution in [0, 0.1) is 11.7 Å². The zero-order valence-corrected chi connectivity index (χ0v) is 18.0. The van der Waals surface area contributed by atoms with Gasteiger partial charge in [0, 0.05) is 24.6 Å². The summed E-state index contributed by atoms with van der Waals surface area (Å²) in [5.41, 5.74) is 1.45. The van der Waals surface area contributed by atoms with Crippen LogP contribution in [0.2, 0.25) is 0 Å². The van der Waals surface area contributed by atoms with Crippen LogP contribution in [0.3, 0.4) is 0 Å². The van der Waals surface area contributed by atoms with Gasteiger partial charge in [-0.25, -0.2) is 9.37 Å². The number of nitrogens with zero attached hydrogens (tertiary/aromatic N) is 3. The molecular weight excluding hydrogens is 411 g/mol. The predicted octanol–water partition coefficient (Wildman–Crippen LogP) is 2.50. The van der Waals surface area contributed by atoms with E-state index in [9.17, 15) is 18.8 Å². The topological polar surface area (TPSA) is 86.4 Å². The zero-order chi connectivity index (χ0) is 22.2. The normalized spacial score (nSPS) is 20.7. The predicted molar refractivity (Wildman–Crippen MR) is 115 cm³/mol. The Kier molecular flexibility index (Phi) is 5.53. The van der Waals surface area contributed by atoms with Crippen molar-refractivity contribution in [1.29, 1.82) is 0 Å². The number of halogens is 1. The molecule has 1 aliphatic carbocycles. The van der Waals surface area contributed by atoms with Crippen molar-refractivity contribution in [3.63, 3.8) is 0 Å². The van der Waals surface area contributed by atoms with E-state index in [-0.39, 0.29) is 35.8 Å². The average molecular weight is 439 g/mol. The molecule has 0 unspecified atom stereocenters. The molecule has 0 spiro atoms. The van der Waals surface area contributed by atoms with Crippen LogP contribution in [0.1, 0.15) is 60.8 Å². The number of aromatic amines is 1. The molecule has 32 heavy (non-hydrogen) atoms. The van der Waals surface area contributed by atoms with E-state index in [0.717, 1.165) is 25.7 Å². The minimum absolute atomic E-state index is 0.0258. The van der Waals surface area contributed by atoms with E-state index in [2.05, 4.69) is 4.98 Å². The van der Waals surface area contributed by atoms with Crippen molar-refractivity contribution in [3.05, 3.63) is 63.1 Å². The maximum Gasteiger partial charge on any atom is 0.254 e. The molecule has 2 amide bonds. The molecule has 3 aliphatic rings. The third-order valence-corrected chi connectivity index (χ3v) is 6.77. The van der Waals surface area contributed by atoms with Gasteiger partial charge in [0.2, 0.25) is 11.8 Å². The number of H-pyrrole nitrogens is 1. The largest absolute Gasteiger partial charge is 0.336 e. The molecule has 3 heterocycles. The molecule has 2 aromatic rings. The summed E-state index contributed by atoms with van der Waals surface area (Å²) in [4.78, 5) is 49.6. The average Bonchev–Trinajstić information content (AvgIpc) is 3.65. The van der Waals surface area contributed by atoms with Crippen LogP contribution in [-0.2, 0) is 29.0 Å². The number of fused-ring (bicyclic) bond motifs is 1. The summed E-state index contributed by atoms with van der Waals surface area (Å²) in [5.74, 6) is 0.179. The van der Waals surface area contributed by atoms with E-state index in [4.69, 9.17) is 4.98 Å².